The Hall–Kier alpha value is -1.33. The van der Waals surface area contributed by atoms with Crippen molar-refractivity contribution in [2.45, 2.75) is 6.61 Å². The summed E-state index contributed by atoms with van der Waals surface area (Å²) in [6, 6.07) is 2.99. The smallest absolute Gasteiger partial charge is 0.331 e. The molecule has 1 aromatic carbocycles. The average Bonchev–Trinajstić information content (AvgIpc) is 2.26. The summed E-state index contributed by atoms with van der Waals surface area (Å²) in [5.41, 5.74) is 1.24. The van der Waals surface area contributed by atoms with Crippen LogP contribution in [0.15, 0.2) is 12.1 Å². The number of aliphatic hydroxyl groups excluding tert-OH is 1. The van der Waals surface area contributed by atoms with Crippen LogP contribution >= 0.6 is 0 Å². The third kappa shape index (κ3) is 1.94. The molecule has 14 heavy (non-hydrogen) atoms. The number of hydrogen-bond donors (Lipinski definition) is 2. The standard InChI is InChI=1S/C9H10BO4/c1-14-8-3-6(4-11)2-7(5-12)9(8)10-13/h2-4,12-13H,5H2,1H3. The number of methoxy groups -OCH3 is 1. The molecule has 0 aliphatic heterocycles. The molecule has 4 nitrogen and oxygen atoms in total. The summed E-state index contributed by atoms with van der Waals surface area (Å²) >= 11 is 0. The zero-order chi connectivity index (χ0) is 10.6. The summed E-state index contributed by atoms with van der Waals surface area (Å²) in [4.78, 5) is 10.5. The third-order valence-corrected chi connectivity index (χ3v) is 1.91. The fraction of sp³-hybridized carbons (Fsp3) is 0.222. The van der Waals surface area contributed by atoms with E-state index in [4.69, 9.17) is 14.9 Å². The van der Waals surface area contributed by atoms with Crippen LogP contribution < -0.4 is 10.2 Å². The Bertz CT molecular complexity index is 313. The largest absolute Gasteiger partial charge is 0.497 e. The lowest BCUT2D eigenvalue weighted by Crippen LogP contribution is -2.22. The van der Waals surface area contributed by atoms with Gasteiger partial charge >= 0.3 is 7.48 Å². The molecule has 0 aliphatic rings. The van der Waals surface area contributed by atoms with Crippen molar-refractivity contribution in [2.75, 3.05) is 7.11 Å². The zero-order valence-electron chi connectivity index (χ0n) is 7.73. The first-order valence-electron chi connectivity index (χ1n) is 4.01. The second-order valence-corrected chi connectivity index (χ2v) is 2.70. The van der Waals surface area contributed by atoms with E-state index in [0.717, 1.165) is 7.48 Å². The number of carbonyl (C=O) groups excluding carboxylic acids is 1. The first-order chi connectivity index (χ1) is 6.76. The highest BCUT2D eigenvalue weighted by Gasteiger charge is 2.11. The van der Waals surface area contributed by atoms with E-state index in [1.165, 1.54) is 19.2 Å². The normalized spacial score (nSPS) is 9.64. The van der Waals surface area contributed by atoms with Gasteiger partial charge in [-0.2, -0.15) is 0 Å². The van der Waals surface area contributed by atoms with Crippen molar-refractivity contribution in [1.29, 1.82) is 0 Å². The van der Waals surface area contributed by atoms with Gasteiger partial charge in [-0.25, -0.2) is 0 Å². The minimum Gasteiger partial charge on any atom is -0.497 e. The number of aldehydes is 1. The predicted molar refractivity (Wildman–Crippen MR) is 51.9 cm³/mol. The van der Waals surface area contributed by atoms with E-state index in [2.05, 4.69) is 0 Å². The number of ether oxygens (including phenoxy) is 1. The van der Waals surface area contributed by atoms with E-state index in [9.17, 15) is 4.79 Å². The summed E-state index contributed by atoms with van der Waals surface area (Å²) < 4.78 is 4.96. The van der Waals surface area contributed by atoms with Gasteiger partial charge in [0.2, 0.25) is 0 Å². The lowest BCUT2D eigenvalue weighted by Gasteiger charge is -2.10. The lowest BCUT2D eigenvalue weighted by atomic mass is 9.82. The van der Waals surface area contributed by atoms with Gasteiger partial charge in [0.05, 0.1) is 13.7 Å². The van der Waals surface area contributed by atoms with Crippen LogP contribution in [0.5, 0.6) is 5.75 Å². The van der Waals surface area contributed by atoms with E-state index >= 15 is 0 Å². The van der Waals surface area contributed by atoms with Crippen LogP contribution in [0.25, 0.3) is 0 Å². The van der Waals surface area contributed by atoms with Crippen LogP contribution in [0, 0.1) is 0 Å². The quantitative estimate of drug-likeness (QED) is 0.487. The molecule has 0 unspecified atom stereocenters. The second-order valence-electron chi connectivity index (χ2n) is 2.70. The van der Waals surface area contributed by atoms with Gasteiger partial charge in [0.1, 0.15) is 12.0 Å². The molecule has 0 heterocycles. The van der Waals surface area contributed by atoms with Gasteiger partial charge in [-0.1, -0.05) is 0 Å². The Labute approximate surface area is 82.4 Å². The number of rotatable bonds is 4. The first kappa shape index (κ1) is 10.8. The molecule has 0 aromatic heterocycles. The maximum absolute atomic E-state index is 10.5. The summed E-state index contributed by atoms with van der Waals surface area (Å²) in [5.74, 6) is 0.362. The minimum absolute atomic E-state index is 0.259. The van der Waals surface area contributed by atoms with Gasteiger partial charge in [0.15, 0.2) is 0 Å². The van der Waals surface area contributed by atoms with Gasteiger partial charge in [0, 0.05) is 5.56 Å². The number of benzene rings is 1. The molecule has 0 bridgehead atoms. The molecule has 5 heteroatoms. The Morgan fingerprint density at radius 3 is 2.71 bits per heavy atom. The molecule has 73 valence electrons. The maximum atomic E-state index is 10.5. The van der Waals surface area contributed by atoms with Crippen LogP contribution in [-0.2, 0) is 6.61 Å². The summed E-state index contributed by atoms with van der Waals surface area (Å²) in [5, 5.41) is 17.9. The van der Waals surface area contributed by atoms with Gasteiger partial charge in [0.25, 0.3) is 0 Å². The number of carbonyl (C=O) groups is 1. The van der Waals surface area contributed by atoms with Crippen LogP contribution in [0.4, 0.5) is 0 Å². The Morgan fingerprint density at radius 1 is 1.57 bits per heavy atom. The highest BCUT2D eigenvalue weighted by atomic mass is 16.5. The number of aliphatic hydroxyl groups is 1. The average molecular weight is 193 g/mol. The van der Waals surface area contributed by atoms with E-state index in [-0.39, 0.29) is 6.61 Å². The van der Waals surface area contributed by atoms with Crippen LogP contribution in [0.2, 0.25) is 0 Å². The molecule has 0 atom stereocenters. The van der Waals surface area contributed by atoms with Gasteiger partial charge in [-0.15, -0.1) is 0 Å². The molecule has 1 radical (unpaired) electrons. The molecule has 0 saturated carbocycles. The molecule has 0 amide bonds. The van der Waals surface area contributed by atoms with Gasteiger partial charge in [-0.3, -0.25) is 4.79 Å². The second kappa shape index (κ2) is 4.78. The minimum atomic E-state index is -0.259. The van der Waals surface area contributed by atoms with Crippen molar-refractivity contribution in [1.82, 2.24) is 0 Å². The van der Waals surface area contributed by atoms with E-state index < -0.39 is 0 Å². The molecule has 0 spiro atoms. The van der Waals surface area contributed by atoms with Crippen LogP contribution in [-0.4, -0.2) is 31.0 Å². The van der Waals surface area contributed by atoms with Crippen molar-refractivity contribution in [3.8, 4) is 5.75 Å². The Balaban J connectivity index is 3.31. The maximum Gasteiger partial charge on any atom is 0.331 e. The SMILES string of the molecule is COc1cc(C=O)cc(CO)c1[B]O. The molecule has 1 aromatic rings. The molecule has 1 rings (SSSR count). The summed E-state index contributed by atoms with van der Waals surface area (Å²) in [7, 11) is 2.27. The third-order valence-electron chi connectivity index (χ3n) is 1.91. The fourth-order valence-corrected chi connectivity index (χ4v) is 1.22. The molecular weight excluding hydrogens is 183 g/mol. The zero-order valence-corrected chi connectivity index (χ0v) is 7.73. The fourth-order valence-electron chi connectivity index (χ4n) is 1.22. The van der Waals surface area contributed by atoms with Crippen molar-refractivity contribution in [2.24, 2.45) is 0 Å². The highest BCUT2D eigenvalue weighted by Crippen LogP contribution is 2.12. The predicted octanol–water partition coefficient (Wildman–Crippen LogP) is -0.763. The highest BCUT2D eigenvalue weighted by molar-refractivity contribution is 6.47. The van der Waals surface area contributed by atoms with Crippen molar-refractivity contribution in [3.63, 3.8) is 0 Å². The van der Waals surface area contributed by atoms with Gasteiger partial charge in [-0.05, 0) is 23.2 Å². The van der Waals surface area contributed by atoms with Crippen molar-refractivity contribution >= 4 is 19.2 Å². The summed E-state index contributed by atoms with van der Waals surface area (Å²) in [6.07, 6.45) is 0.656. The lowest BCUT2D eigenvalue weighted by molar-refractivity contribution is 0.112. The first-order valence-corrected chi connectivity index (χ1v) is 4.01. The van der Waals surface area contributed by atoms with E-state index in [0.29, 0.717) is 28.6 Å². The molecule has 2 N–H and O–H groups in total. The number of hydrogen-bond acceptors (Lipinski definition) is 4. The van der Waals surface area contributed by atoms with Crippen molar-refractivity contribution in [3.05, 3.63) is 23.3 Å². The topological polar surface area (TPSA) is 66.8 Å². The Morgan fingerprint density at radius 2 is 2.29 bits per heavy atom. The molecule has 0 saturated heterocycles. The van der Waals surface area contributed by atoms with Crippen molar-refractivity contribution < 1.29 is 19.7 Å². The van der Waals surface area contributed by atoms with Gasteiger partial charge < -0.3 is 14.9 Å². The monoisotopic (exact) mass is 193 g/mol. The molecular formula is C9H10BO4. The summed E-state index contributed by atoms with van der Waals surface area (Å²) in [6.45, 7) is -0.259. The molecule has 0 fully saturated rings. The van der Waals surface area contributed by atoms with Crippen LogP contribution in [0.1, 0.15) is 15.9 Å². The van der Waals surface area contributed by atoms with E-state index in [1.54, 1.807) is 0 Å². The van der Waals surface area contributed by atoms with E-state index in [1.807, 2.05) is 0 Å². The molecule has 0 aliphatic carbocycles. The Kier molecular flexibility index (Phi) is 3.68. The van der Waals surface area contributed by atoms with Crippen LogP contribution in [0.3, 0.4) is 0 Å².